The Morgan fingerprint density at radius 1 is 1.06 bits per heavy atom. The van der Waals surface area contributed by atoms with Crippen molar-refractivity contribution in [1.29, 1.82) is 0 Å². The maximum absolute atomic E-state index is 12.9. The first kappa shape index (κ1) is 21.2. The summed E-state index contributed by atoms with van der Waals surface area (Å²) in [6.45, 7) is 3.96. The molecule has 0 spiro atoms. The lowest BCUT2D eigenvalue weighted by Gasteiger charge is -2.43. The molecule has 170 valence electrons. The minimum atomic E-state index is -1.17. The summed E-state index contributed by atoms with van der Waals surface area (Å²) >= 11 is 0. The molecule has 3 aromatic rings. The second-order valence-corrected chi connectivity index (χ2v) is 8.93. The molecule has 1 saturated carbocycles. The highest BCUT2D eigenvalue weighted by atomic mass is 16.4. The fourth-order valence-corrected chi connectivity index (χ4v) is 5.03. The van der Waals surface area contributed by atoms with Gasteiger partial charge in [-0.05, 0) is 57.0 Å². The fraction of sp³-hybridized carbons (Fsp3) is 0.360. The molecule has 8 heteroatoms. The van der Waals surface area contributed by atoms with Gasteiger partial charge in [0.1, 0.15) is 6.04 Å². The van der Waals surface area contributed by atoms with Crippen LogP contribution in [0.4, 0.5) is 11.4 Å². The van der Waals surface area contributed by atoms with Gasteiger partial charge in [-0.3, -0.25) is 4.79 Å². The van der Waals surface area contributed by atoms with Crippen LogP contribution in [0, 0.1) is 6.92 Å². The van der Waals surface area contributed by atoms with E-state index in [1.165, 1.54) is 0 Å². The number of aromatic nitrogens is 3. The van der Waals surface area contributed by atoms with Crippen molar-refractivity contribution in [1.82, 2.24) is 14.8 Å². The second-order valence-electron chi connectivity index (χ2n) is 8.93. The maximum Gasteiger partial charge on any atom is 0.375 e. The van der Waals surface area contributed by atoms with Crippen LogP contribution in [0.15, 0.2) is 42.5 Å². The summed E-state index contributed by atoms with van der Waals surface area (Å²) in [6.07, 6.45) is 4.45. The number of carboxylic acid groups (broad SMARTS) is 1. The molecule has 0 radical (unpaired) electrons. The molecule has 0 bridgehead atoms. The van der Waals surface area contributed by atoms with Crippen LogP contribution in [-0.4, -0.2) is 50.9 Å². The first-order valence-electron chi connectivity index (χ1n) is 11.3. The van der Waals surface area contributed by atoms with E-state index in [-0.39, 0.29) is 17.8 Å². The molecule has 1 aliphatic carbocycles. The molecule has 1 fully saturated rings. The third-order valence-corrected chi connectivity index (χ3v) is 6.77. The highest BCUT2D eigenvalue weighted by Gasteiger charge is 2.38. The summed E-state index contributed by atoms with van der Waals surface area (Å²) in [6, 6.07) is 13.6. The van der Waals surface area contributed by atoms with Crippen LogP contribution in [0.5, 0.6) is 0 Å². The number of amides is 1. The van der Waals surface area contributed by atoms with Gasteiger partial charge in [-0.2, -0.15) is 0 Å². The van der Waals surface area contributed by atoms with Crippen molar-refractivity contribution >= 4 is 23.3 Å². The Morgan fingerprint density at radius 3 is 2.42 bits per heavy atom. The summed E-state index contributed by atoms with van der Waals surface area (Å²) in [5.74, 6) is -0.890. The number of rotatable bonds is 4. The van der Waals surface area contributed by atoms with E-state index in [1.807, 2.05) is 56.3 Å². The SMILES string of the molecule is Cc1ccc(-n2nc(C(=O)O)nc2-c2ccc3c(c2)N(C2CCCC2)[C@H](C)C(=O)N3C)cc1. The number of benzene rings is 2. The predicted molar refractivity (Wildman–Crippen MR) is 126 cm³/mol. The number of hydrogen-bond acceptors (Lipinski definition) is 5. The number of hydrogen-bond donors (Lipinski definition) is 1. The summed E-state index contributed by atoms with van der Waals surface area (Å²) in [7, 11) is 1.81. The zero-order valence-electron chi connectivity index (χ0n) is 19.0. The van der Waals surface area contributed by atoms with Crippen LogP contribution in [-0.2, 0) is 4.79 Å². The van der Waals surface area contributed by atoms with E-state index < -0.39 is 5.97 Å². The Labute approximate surface area is 192 Å². The number of carbonyl (C=O) groups is 2. The first-order valence-corrected chi connectivity index (χ1v) is 11.3. The standard InChI is InChI=1S/C25H27N5O3/c1-15-8-11-19(12-9-15)30-23(26-22(27-30)25(32)33)17-10-13-20-21(14-17)29(18-6-4-5-7-18)16(2)24(31)28(20)3/h8-14,16,18H,4-7H2,1-3H3,(H,32,33)/t16-/m1/s1. The highest BCUT2D eigenvalue weighted by Crippen LogP contribution is 2.42. The van der Waals surface area contributed by atoms with Crippen molar-refractivity contribution in [3.8, 4) is 17.1 Å². The molecule has 0 unspecified atom stereocenters. The van der Waals surface area contributed by atoms with E-state index in [0.29, 0.717) is 11.9 Å². The zero-order valence-corrected chi connectivity index (χ0v) is 19.0. The average Bonchev–Trinajstić information content (AvgIpc) is 3.49. The van der Waals surface area contributed by atoms with Crippen molar-refractivity contribution in [3.63, 3.8) is 0 Å². The summed E-state index contributed by atoms with van der Waals surface area (Å²) in [5.41, 5.74) is 4.42. The number of carbonyl (C=O) groups excluding carboxylic acids is 1. The number of likely N-dealkylation sites (N-methyl/N-ethyl adjacent to an activating group) is 1. The topological polar surface area (TPSA) is 91.6 Å². The van der Waals surface area contributed by atoms with Crippen LogP contribution in [0.3, 0.4) is 0 Å². The Morgan fingerprint density at radius 2 is 1.76 bits per heavy atom. The molecule has 2 aliphatic rings. The van der Waals surface area contributed by atoms with E-state index in [1.54, 1.807) is 16.6 Å². The van der Waals surface area contributed by atoms with Crippen LogP contribution in [0.1, 0.15) is 48.8 Å². The zero-order chi connectivity index (χ0) is 23.3. The van der Waals surface area contributed by atoms with E-state index in [9.17, 15) is 14.7 Å². The van der Waals surface area contributed by atoms with Crippen molar-refractivity contribution in [2.24, 2.45) is 0 Å². The summed E-state index contributed by atoms with van der Waals surface area (Å²) in [5, 5.41) is 13.8. The quantitative estimate of drug-likeness (QED) is 0.651. The third kappa shape index (κ3) is 3.55. The molecule has 33 heavy (non-hydrogen) atoms. The molecule has 1 atom stereocenters. The van der Waals surface area contributed by atoms with Gasteiger partial charge < -0.3 is 14.9 Å². The normalized spacial score (nSPS) is 18.6. The first-order chi connectivity index (χ1) is 15.8. The van der Waals surface area contributed by atoms with E-state index in [4.69, 9.17) is 0 Å². The van der Waals surface area contributed by atoms with Gasteiger partial charge in [-0.15, -0.1) is 5.10 Å². The lowest BCUT2D eigenvalue weighted by molar-refractivity contribution is -0.119. The Kier molecular flexibility index (Phi) is 5.15. The number of carboxylic acids is 1. The lowest BCUT2D eigenvalue weighted by atomic mass is 10.0. The molecule has 2 heterocycles. The molecule has 1 amide bonds. The van der Waals surface area contributed by atoms with Gasteiger partial charge in [0.2, 0.25) is 5.91 Å². The van der Waals surface area contributed by atoms with Crippen LogP contribution < -0.4 is 9.80 Å². The molecule has 1 aliphatic heterocycles. The molecule has 2 aromatic carbocycles. The predicted octanol–water partition coefficient (Wildman–Crippen LogP) is 4.05. The van der Waals surface area contributed by atoms with Gasteiger partial charge >= 0.3 is 5.97 Å². The lowest BCUT2D eigenvalue weighted by Crippen LogP contribution is -2.54. The van der Waals surface area contributed by atoms with E-state index in [2.05, 4.69) is 15.0 Å². The van der Waals surface area contributed by atoms with Gasteiger partial charge in [-0.25, -0.2) is 14.5 Å². The fourth-order valence-electron chi connectivity index (χ4n) is 5.03. The molecule has 8 nitrogen and oxygen atoms in total. The van der Waals surface area contributed by atoms with Crippen LogP contribution in [0.25, 0.3) is 17.1 Å². The number of nitrogens with zero attached hydrogens (tertiary/aromatic N) is 5. The number of aryl methyl sites for hydroxylation is 1. The Bertz CT molecular complexity index is 1230. The monoisotopic (exact) mass is 445 g/mol. The molecular weight excluding hydrogens is 418 g/mol. The molecule has 1 N–H and O–H groups in total. The van der Waals surface area contributed by atoms with Gasteiger partial charge in [0.25, 0.3) is 5.82 Å². The minimum Gasteiger partial charge on any atom is -0.475 e. The number of fused-ring (bicyclic) bond motifs is 1. The number of aromatic carboxylic acids is 1. The van der Waals surface area contributed by atoms with Crippen molar-refractivity contribution in [3.05, 3.63) is 53.9 Å². The smallest absolute Gasteiger partial charge is 0.375 e. The molecular formula is C25H27N5O3. The molecule has 5 rings (SSSR count). The van der Waals surface area contributed by atoms with Gasteiger partial charge in [0, 0.05) is 18.7 Å². The molecule has 0 saturated heterocycles. The van der Waals surface area contributed by atoms with E-state index in [0.717, 1.165) is 53.9 Å². The van der Waals surface area contributed by atoms with Gasteiger partial charge in [0.15, 0.2) is 5.82 Å². The summed E-state index contributed by atoms with van der Waals surface area (Å²) < 4.78 is 1.58. The Hall–Kier alpha value is -3.68. The van der Waals surface area contributed by atoms with Crippen LogP contribution in [0.2, 0.25) is 0 Å². The van der Waals surface area contributed by atoms with Crippen molar-refractivity contribution in [2.45, 2.75) is 51.6 Å². The number of anilines is 2. The Balaban J connectivity index is 1.67. The van der Waals surface area contributed by atoms with Crippen molar-refractivity contribution < 1.29 is 14.7 Å². The third-order valence-electron chi connectivity index (χ3n) is 6.77. The second kappa shape index (κ2) is 8.03. The van der Waals surface area contributed by atoms with E-state index >= 15 is 0 Å². The van der Waals surface area contributed by atoms with Crippen molar-refractivity contribution in [2.75, 3.05) is 16.8 Å². The van der Waals surface area contributed by atoms with Gasteiger partial charge in [-0.1, -0.05) is 30.5 Å². The minimum absolute atomic E-state index is 0.0816. The average molecular weight is 446 g/mol. The maximum atomic E-state index is 12.9. The summed E-state index contributed by atoms with van der Waals surface area (Å²) in [4.78, 5) is 32.9. The van der Waals surface area contributed by atoms with Gasteiger partial charge in [0.05, 0.1) is 17.1 Å². The van der Waals surface area contributed by atoms with Crippen LogP contribution >= 0.6 is 0 Å². The molecule has 1 aromatic heterocycles. The largest absolute Gasteiger partial charge is 0.475 e. The highest BCUT2D eigenvalue weighted by molar-refractivity contribution is 6.05.